The van der Waals surface area contributed by atoms with Crippen LogP contribution in [0.5, 0.6) is 5.75 Å². The fourth-order valence-corrected chi connectivity index (χ4v) is 5.24. The summed E-state index contributed by atoms with van der Waals surface area (Å²) >= 11 is 0. The fourth-order valence-electron chi connectivity index (χ4n) is 5.24. The number of esters is 1. The van der Waals surface area contributed by atoms with E-state index in [1.165, 1.54) is 34.1 Å². The number of nitrogens with zero attached hydrogens (tertiary/aromatic N) is 2. The third kappa shape index (κ3) is 3.97. The van der Waals surface area contributed by atoms with Crippen LogP contribution in [0.1, 0.15) is 32.6 Å². The van der Waals surface area contributed by atoms with Crippen LogP contribution in [0.15, 0.2) is 48.5 Å². The number of carbonyl (C=O) groups is 4. The first-order valence-corrected chi connectivity index (χ1v) is 11.6. The molecule has 3 fully saturated rings. The van der Waals surface area contributed by atoms with Gasteiger partial charge in [0.05, 0.1) is 23.4 Å². The van der Waals surface area contributed by atoms with Crippen molar-refractivity contribution in [1.82, 2.24) is 0 Å². The lowest BCUT2D eigenvalue weighted by molar-refractivity contribution is -0.139. The first kappa shape index (κ1) is 22.3. The average molecular weight is 464 g/mol. The summed E-state index contributed by atoms with van der Waals surface area (Å²) in [6.07, 6.45) is 2.42. The van der Waals surface area contributed by atoms with Gasteiger partial charge in [-0.25, -0.2) is 4.39 Å². The zero-order chi connectivity index (χ0) is 24.0. The molecule has 2 aromatic rings. The van der Waals surface area contributed by atoms with Crippen LogP contribution in [-0.4, -0.2) is 30.2 Å². The summed E-state index contributed by atoms with van der Waals surface area (Å²) in [7, 11) is 0. The van der Waals surface area contributed by atoms with Crippen molar-refractivity contribution in [2.45, 2.75) is 32.6 Å². The first-order valence-electron chi connectivity index (χ1n) is 11.6. The molecule has 0 spiro atoms. The number of fused-ring (bicyclic) bond motifs is 1. The number of hydrogen-bond donors (Lipinski definition) is 0. The molecule has 34 heavy (non-hydrogen) atoms. The standard InChI is InChI=1S/C26H25FN2O5/c1-15-2-11-21-22(12-15)25(32)29(24(21)31)19-7-9-20(10-8-19)34-26(33)16-13-23(30)28(14-16)18-5-3-17(27)4-6-18/h3-10,15-16,21-22H,2,11-14H2,1H3/t15-,16+,21+,22-/m1/s1. The molecule has 2 heterocycles. The predicted molar refractivity (Wildman–Crippen MR) is 121 cm³/mol. The second-order valence-corrected chi connectivity index (χ2v) is 9.44. The molecule has 5 rings (SSSR count). The largest absolute Gasteiger partial charge is 0.426 e. The number of benzene rings is 2. The first-order chi connectivity index (χ1) is 16.3. The summed E-state index contributed by atoms with van der Waals surface area (Å²) in [5.41, 5.74) is 0.997. The highest BCUT2D eigenvalue weighted by Crippen LogP contribution is 2.42. The Balaban J connectivity index is 1.24. The Morgan fingerprint density at radius 1 is 0.912 bits per heavy atom. The van der Waals surface area contributed by atoms with Gasteiger partial charge < -0.3 is 9.64 Å². The van der Waals surface area contributed by atoms with E-state index in [2.05, 4.69) is 6.92 Å². The number of hydrogen-bond acceptors (Lipinski definition) is 5. The van der Waals surface area contributed by atoms with E-state index in [9.17, 15) is 23.6 Å². The van der Waals surface area contributed by atoms with E-state index >= 15 is 0 Å². The molecule has 3 aliphatic rings. The highest BCUT2D eigenvalue weighted by molar-refractivity contribution is 6.22. The van der Waals surface area contributed by atoms with Crippen molar-refractivity contribution in [1.29, 1.82) is 0 Å². The summed E-state index contributed by atoms with van der Waals surface area (Å²) in [4.78, 5) is 53.5. The monoisotopic (exact) mass is 464 g/mol. The lowest BCUT2D eigenvalue weighted by Gasteiger charge is -2.25. The topological polar surface area (TPSA) is 84.0 Å². The lowest BCUT2D eigenvalue weighted by atomic mass is 9.76. The van der Waals surface area contributed by atoms with Gasteiger partial charge in [0.1, 0.15) is 11.6 Å². The predicted octanol–water partition coefficient (Wildman–Crippen LogP) is 3.71. The molecule has 2 aliphatic heterocycles. The van der Waals surface area contributed by atoms with Crippen LogP contribution in [0.3, 0.4) is 0 Å². The van der Waals surface area contributed by atoms with E-state index in [0.717, 1.165) is 19.3 Å². The number of amides is 3. The van der Waals surface area contributed by atoms with Crippen molar-refractivity contribution >= 4 is 35.1 Å². The molecule has 2 aromatic carbocycles. The van der Waals surface area contributed by atoms with Gasteiger partial charge in [-0.05, 0) is 73.7 Å². The van der Waals surface area contributed by atoms with Crippen molar-refractivity contribution in [2.24, 2.45) is 23.7 Å². The maximum absolute atomic E-state index is 13.2. The van der Waals surface area contributed by atoms with Gasteiger partial charge in [0.15, 0.2) is 0 Å². The van der Waals surface area contributed by atoms with E-state index < -0.39 is 17.7 Å². The van der Waals surface area contributed by atoms with Crippen LogP contribution < -0.4 is 14.5 Å². The van der Waals surface area contributed by atoms with Gasteiger partial charge in [-0.2, -0.15) is 0 Å². The summed E-state index contributed by atoms with van der Waals surface area (Å²) in [6, 6.07) is 11.8. The molecule has 4 atom stereocenters. The second kappa shape index (κ2) is 8.66. The Morgan fingerprint density at radius 3 is 2.26 bits per heavy atom. The Hall–Kier alpha value is -3.55. The molecule has 7 nitrogen and oxygen atoms in total. The molecule has 0 aromatic heterocycles. The molecule has 2 saturated heterocycles. The fraction of sp³-hybridized carbons (Fsp3) is 0.385. The van der Waals surface area contributed by atoms with Gasteiger partial charge >= 0.3 is 5.97 Å². The minimum absolute atomic E-state index is 0.00622. The molecule has 1 saturated carbocycles. The third-order valence-corrected chi connectivity index (χ3v) is 7.10. The number of rotatable bonds is 4. The molecule has 0 bridgehead atoms. The zero-order valence-corrected chi connectivity index (χ0v) is 18.8. The summed E-state index contributed by atoms with van der Waals surface area (Å²) in [6.45, 7) is 2.26. The van der Waals surface area contributed by atoms with E-state index in [1.54, 1.807) is 24.3 Å². The van der Waals surface area contributed by atoms with E-state index in [0.29, 0.717) is 17.3 Å². The Labute approximate surface area is 196 Å². The van der Waals surface area contributed by atoms with Crippen LogP contribution >= 0.6 is 0 Å². The number of ether oxygens (including phenoxy) is 1. The van der Waals surface area contributed by atoms with Gasteiger partial charge in [-0.1, -0.05) is 6.92 Å². The molecule has 0 N–H and O–H groups in total. The van der Waals surface area contributed by atoms with Gasteiger partial charge in [-0.15, -0.1) is 0 Å². The Kier molecular flexibility index (Phi) is 5.67. The van der Waals surface area contributed by atoms with Crippen LogP contribution in [0.25, 0.3) is 0 Å². The molecule has 3 amide bonds. The molecule has 1 aliphatic carbocycles. The highest BCUT2D eigenvalue weighted by Gasteiger charge is 2.50. The van der Waals surface area contributed by atoms with Crippen LogP contribution in [0.2, 0.25) is 0 Å². The summed E-state index contributed by atoms with van der Waals surface area (Å²) in [5, 5.41) is 0. The lowest BCUT2D eigenvalue weighted by Crippen LogP contribution is -2.30. The minimum Gasteiger partial charge on any atom is -0.426 e. The van der Waals surface area contributed by atoms with Crippen molar-refractivity contribution < 1.29 is 28.3 Å². The number of imide groups is 1. The van der Waals surface area contributed by atoms with Crippen molar-refractivity contribution in [3.05, 3.63) is 54.3 Å². The van der Waals surface area contributed by atoms with Crippen LogP contribution in [0, 0.1) is 29.5 Å². The number of carbonyl (C=O) groups excluding carboxylic acids is 4. The second-order valence-electron chi connectivity index (χ2n) is 9.44. The molecule has 0 radical (unpaired) electrons. The van der Waals surface area contributed by atoms with Crippen molar-refractivity contribution in [3.63, 3.8) is 0 Å². The maximum atomic E-state index is 13.2. The third-order valence-electron chi connectivity index (χ3n) is 7.10. The quantitative estimate of drug-likeness (QED) is 0.391. The average Bonchev–Trinajstić information content (AvgIpc) is 3.32. The van der Waals surface area contributed by atoms with Crippen molar-refractivity contribution in [3.8, 4) is 5.75 Å². The molecular weight excluding hydrogens is 439 g/mol. The molecular formula is C26H25FN2O5. The molecule has 0 unspecified atom stereocenters. The van der Waals surface area contributed by atoms with Crippen LogP contribution in [0.4, 0.5) is 15.8 Å². The van der Waals surface area contributed by atoms with E-state index in [4.69, 9.17) is 4.74 Å². The van der Waals surface area contributed by atoms with Crippen molar-refractivity contribution in [2.75, 3.05) is 16.3 Å². The number of anilines is 2. The zero-order valence-electron chi connectivity index (χ0n) is 18.8. The smallest absolute Gasteiger partial charge is 0.316 e. The number of halogens is 1. The van der Waals surface area contributed by atoms with Gasteiger partial charge in [0, 0.05) is 18.7 Å². The van der Waals surface area contributed by atoms with E-state index in [1.807, 2.05) is 0 Å². The maximum Gasteiger partial charge on any atom is 0.316 e. The molecule has 176 valence electrons. The minimum atomic E-state index is -0.649. The summed E-state index contributed by atoms with van der Waals surface area (Å²) in [5.74, 6) is -1.93. The van der Waals surface area contributed by atoms with E-state index in [-0.39, 0.29) is 48.3 Å². The van der Waals surface area contributed by atoms with Gasteiger partial charge in [0.25, 0.3) is 0 Å². The van der Waals surface area contributed by atoms with Gasteiger partial charge in [-0.3, -0.25) is 24.1 Å². The van der Waals surface area contributed by atoms with Crippen LogP contribution in [-0.2, 0) is 19.2 Å². The Bertz CT molecular complexity index is 1150. The highest BCUT2D eigenvalue weighted by atomic mass is 19.1. The SMILES string of the molecule is C[C@@H]1CC[C@@H]2C(=O)N(c3ccc(OC(=O)[C@H]4CC(=O)N(c5ccc(F)cc5)C4)cc3)C(=O)[C@@H]2C1. The normalized spacial score (nSPS) is 26.7. The molecule has 8 heteroatoms. The Morgan fingerprint density at radius 2 is 1.56 bits per heavy atom. The summed E-state index contributed by atoms with van der Waals surface area (Å²) < 4.78 is 18.6. The van der Waals surface area contributed by atoms with Gasteiger partial charge in [0.2, 0.25) is 17.7 Å².